The van der Waals surface area contributed by atoms with E-state index in [1.54, 1.807) is 0 Å². The zero-order chi connectivity index (χ0) is 10.4. The lowest BCUT2D eigenvalue weighted by Crippen LogP contribution is -2.31. The Morgan fingerprint density at radius 3 is 2.57 bits per heavy atom. The van der Waals surface area contributed by atoms with Crippen LogP contribution in [0.1, 0.15) is 52.4 Å². The summed E-state index contributed by atoms with van der Waals surface area (Å²) in [5, 5.41) is 0. The molecule has 3 heteroatoms. The third-order valence-electron chi connectivity index (χ3n) is 2.84. The first-order valence-corrected chi connectivity index (χ1v) is 5.75. The first kappa shape index (κ1) is 11.5. The van der Waals surface area contributed by atoms with Gasteiger partial charge in [-0.1, -0.05) is 25.7 Å². The highest BCUT2D eigenvalue weighted by atomic mass is 15.2. The van der Waals surface area contributed by atoms with Gasteiger partial charge in [0.2, 0.25) is 0 Å². The van der Waals surface area contributed by atoms with Crippen molar-refractivity contribution in [3.8, 4) is 0 Å². The van der Waals surface area contributed by atoms with Crippen LogP contribution in [0.4, 0.5) is 0 Å². The van der Waals surface area contributed by atoms with E-state index in [0.717, 1.165) is 18.2 Å². The predicted molar refractivity (Wildman–Crippen MR) is 61.1 cm³/mol. The second kappa shape index (κ2) is 6.02. The third kappa shape index (κ3) is 4.09. The summed E-state index contributed by atoms with van der Waals surface area (Å²) in [6.45, 7) is 4.15. The summed E-state index contributed by atoms with van der Waals surface area (Å²) < 4.78 is 0. The van der Waals surface area contributed by atoms with Crippen LogP contribution in [-0.4, -0.2) is 11.9 Å². The average Bonchev–Trinajstić information content (AvgIpc) is 2.64. The molecule has 1 saturated carbocycles. The number of aliphatic imine (C=N–C) groups is 1. The van der Waals surface area contributed by atoms with Crippen molar-refractivity contribution in [1.29, 1.82) is 0 Å². The molecule has 3 N–H and O–H groups in total. The summed E-state index contributed by atoms with van der Waals surface area (Å²) in [6, 6.07) is 0.338. The van der Waals surface area contributed by atoms with Crippen LogP contribution in [0.15, 0.2) is 4.99 Å². The average molecular weight is 197 g/mol. The lowest BCUT2D eigenvalue weighted by atomic mass is 10.0. The van der Waals surface area contributed by atoms with Crippen molar-refractivity contribution >= 4 is 5.84 Å². The van der Waals surface area contributed by atoms with Crippen LogP contribution >= 0.6 is 0 Å². The van der Waals surface area contributed by atoms with Crippen LogP contribution in [-0.2, 0) is 0 Å². The molecule has 1 aliphatic rings. The van der Waals surface area contributed by atoms with Crippen molar-refractivity contribution in [2.45, 2.75) is 58.4 Å². The minimum absolute atomic E-state index is 0.338. The number of nitrogens with two attached hydrogens (primary N) is 1. The molecule has 0 aromatic carbocycles. The Balaban J connectivity index is 2.26. The van der Waals surface area contributed by atoms with Crippen LogP contribution < -0.4 is 11.3 Å². The van der Waals surface area contributed by atoms with E-state index in [9.17, 15) is 0 Å². The first-order chi connectivity index (χ1) is 6.72. The predicted octanol–water partition coefficient (Wildman–Crippen LogP) is 2.23. The van der Waals surface area contributed by atoms with Gasteiger partial charge in [-0.2, -0.15) is 0 Å². The van der Waals surface area contributed by atoms with Crippen molar-refractivity contribution < 1.29 is 0 Å². The Kier molecular flexibility index (Phi) is 4.94. The standard InChI is InChI=1S/C11H23N3/c1-9(2)13-11(14-12)8-7-10-5-3-4-6-10/h9-10H,3-8,12H2,1-2H3,(H,13,14). The van der Waals surface area contributed by atoms with Crippen LogP contribution in [0.3, 0.4) is 0 Å². The van der Waals surface area contributed by atoms with Crippen LogP contribution in [0.5, 0.6) is 0 Å². The van der Waals surface area contributed by atoms with Gasteiger partial charge in [-0.25, -0.2) is 5.84 Å². The van der Waals surface area contributed by atoms with Crippen LogP contribution in [0.25, 0.3) is 0 Å². The van der Waals surface area contributed by atoms with E-state index in [-0.39, 0.29) is 0 Å². The number of hydrazine groups is 1. The Labute approximate surface area is 87.1 Å². The minimum atomic E-state index is 0.338. The Bertz CT molecular complexity index is 181. The van der Waals surface area contributed by atoms with E-state index < -0.39 is 0 Å². The summed E-state index contributed by atoms with van der Waals surface area (Å²) in [4.78, 5) is 4.44. The van der Waals surface area contributed by atoms with Gasteiger partial charge < -0.3 is 5.43 Å². The van der Waals surface area contributed by atoms with Gasteiger partial charge in [-0.15, -0.1) is 0 Å². The molecule has 1 fully saturated rings. The molecule has 0 radical (unpaired) electrons. The van der Waals surface area contributed by atoms with Gasteiger partial charge in [0.1, 0.15) is 5.84 Å². The Morgan fingerprint density at radius 2 is 2.07 bits per heavy atom. The summed E-state index contributed by atoms with van der Waals surface area (Å²) in [6.07, 6.45) is 7.89. The fourth-order valence-corrected chi connectivity index (χ4v) is 2.13. The maximum atomic E-state index is 5.43. The maximum Gasteiger partial charge on any atom is 0.111 e. The third-order valence-corrected chi connectivity index (χ3v) is 2.84. The lowest BCUT2D eigenvalue weighted by Gasteiger charge is -2.11. The van der Waals surface area contributed by atoms with Crippen molar-refractivity contribution in [3.63, 3.8) is 0 Å². The van der Waals surface area contributed by atoms with E-state index in [2.05, 4.69) is 24.3 Å². The lowest BCUT2D eigenvalue weighted by molar-refractivity contribution is 0.511. The molecule has 14 heavy (non-hydrogen) atoms. The maximum absolute atomic E-state index is 5.43. The molecule has 0 aliphatic heterocycles. The number of hydrogen-bond donors (Lipinski definition) is 2. The van der Waals surface area contributed by atoms with Crippen molar-refractivity contribution in [2.75, 3.05) is 0 Å². The summed E-state index contributed by atoms with van der Waals surface area (Å²) in [5.74, 6) is 7.31. The first-order valence-electron chi connectivity index (χ1n) is 5.75. The highest BCUT2D eigenvalue weighted by Gasteiger charge is 2.15. The van der Waals surface area contributed by atoms with E-state index in [1.165, 1.54) is 32.1 Å². The van der Waals surface area contributed by atoms with Gasteiger partial charge in [0, 0.05) is 12.5 Å². The molecule has 0 aromatic rings. The number of rotatable bonds is 4. The molecule has 3 nitrogen and oxygen atoms in total. The van der Waals surface area contributed by atoms with Gasteiger partial charge in [-0.05, 0) is 26.2 Å². The van der Waals surface area contributed by atoms with E-state index in [4.69, 9.17) is 5.84 Å². The summed E-state index contributed by atoms with van der Waals surface area (Å²) >= 11 is 0. The zero-order valence-corrected chi connectivity index (χ0v) is 9.42. The molecule has 0 aromatic heterocycles. The van der Waals surface area contributed by atoms with Crippen molar-refractivity contribution in [1.82, 2.24) is 5.43 Å². The number of nitrogens with one attached hydrogen (secondary N) is 1. The Hall–Kier alpha value is -0.570. The van der Waals surface area contributed by atoms with Gasteiger partial charge >= 0.3 is 0 Å². The van der Waals surface area contributed by atoms with Crippen LogP contribution in [0.2, 0.25) is 0 Å². The van der Waals surface area contributed by atoms with E-state index in [1.807, 2.05) is 0 Å². The summed E-state index contributed by atoms with van der Waals surface area (Å²) in [7, 11) is 0. The molecule has 1 rings (SSSR count). The van der Waals surface area contributed by atoms with Crippen molar-refractivity contribution in [2.24, 2.45) is 16.8 Å². The number of hydrogen-bond acceptors (Lipinski definition) is 2. The molecular formula is C11H23N3. The highest BCUT2D eigenvalue weighted by molar-refractivity contribution is 5.81. The van der Waals surface area contributed by atoms with Gasteiger partial charge in [0.05, 0.1) is 0 Å². The fraction of sp³-hybridized carbons (Fsp3) is 0.909. The van der Waals surface area contributed by atoms with Gasteiger partial charge in [0.15, 0.2) is 0 Å². The van der Waals surface area contributed by atoms with Crippen LogP contribution in [0, 0.1) is 5.92 Å². The number of nitrogens with zero attached hydrogens (tertiary/aromatic N) is 1. The second-order valence-corrected chi connectivity index (χ2v) is 4.50. The molecule has 1 aliphatic carbocycles. The van der Waals surface area contributed by atoms with Gasteiger partial charge in [0.25, 0.3) is 0 Å². The molecule has 0 saturated heterocycles. The molecule has 0 heterocycles. The smallest absolute Gasteiger partial charge is 0.111 e. The Morgan fingerprint density at radius 1 is 1.43 bits per heavy atom. The molecule has 0 bridgehead atoms. The molecule has 0 unspecified atom stereocenters. The molecule has 82 valence electrons. The fourth-order valence-electron chi connectivity index (χ4n) is 2.13. The monoisotopic (exact) mass is 197 g/mol. The zero-order valence-electron chi connectivity index (χ0n) is 9.42. The molecule has 0 amide bonds. The normalized spacial score (nSPS) is 19.3. The highest BCUT2D eigenvalue weighted by Crippen LogP contribution is 2.28. The van der Waals surface area contributed by atoms with E-state index >= 15 is 0 Å². The summed E-state index contributed by atoms with van der Waals surface area (Å²) in [5.41, 5.74) is 2.71. The van der Waals surface area contributed by atoms with Gasteiger partial charge in [-0.3, -0.25) is 4.99 Å². The molecule has 0 atom stereocenters. The second-order valence-electron chi connectivity index (χ2n) is 4.50. The quantitative estimate of drug-likeness (QED) is 0.314. The minimum Gasteiger partial charge on any atom is -0.312 e. The number of amidine groups is 1. The SMILES string of the molecule is CC(C)N=C(CCC1CCCC1)NN. The molecular weight excluding hydrogens is 174 g/mol. The molecule has 0 spiro atoms. The largest absolute Gasteiger partial charge is 0.312 e. The van der Waals surface area contributed by atoms with E-state index in [0.29, 0.717) is 6.04 Å². The van der Waals surface area contributed by atoms with Crippen molar-refractivity contribution in [3.05, 3.63) is 0 Å². The topological polar surface area (TPSA) is 50.4 Å².